The van der Waals surface area contributed by atoms with Gasteiger partial charge >= 0.3 is 0 Å². The Kier molecular flexibility index (Phi) is 5.40. The first-order chi connectivity index (χ1) is 9.76. The summed E-state index contributed by atoms with van der Waals surface area (Å²) in [6.07, 6.45) is 2.56. The molecule has 4 heteroatoms. The van der Waals surface area contributed by atoms with E-state index in [4.69, 9.17) is 14.7 Å². The van der Waals surface area contributed by atoms with Gasteiger partial charge in [0.2, 0.25) is 0 Å². The first-order valence-electron chi connectivity index (χ1n) is 7.17. The third-order valence-electron chi connectivity index (χ3n) is 3.74. The largest absolute Gasteiger partial charge is 0.496 e. The summed E-state index contributed by atoms with van der Waals surface area (Å²) in [4.78, 5) is 2.40. The molecule has 0 amide bonds. The van der Waals surface area contributed by atoms with E-state index in [2.05, 4.69) is 11.0 Å². The van der Waals surface area contributed by atoms with Crippen molar-refractivity contribution in [1.82, 2.24) is 4.90 Å². The minimum atomic E-state index is 0.406. The second-order valence-electron chi connectivity index (χ2n) is 5.07. The fourth-order valence-electron chi connectivity index (χ4n) is 2.68. The molecule has 0 bridgehead atoms. The van der Waals surface area contributed by atoms with Gasteiger partial charge in [-0.1, -0.05) is 0 Å². The van der Waals surface area contributed by atoms with Crippen LogP contribution in [0.1, 0.15) is 30.9 Å². The summed E-state index contributed by atoms with van der Waals surface area (Å²) in [5, 5.41) is 9.00. The molecule has 0 N–H and O–H groups in total. The van der Waals surface area contributed by atoms with Crippen LogP contribution >= 0.6 is 0 Å². The van der Waals surface area contributed by atoms with Gasteiger partial charge in [-0.25, -0.2) is 0 Å². The summed E-state index contributed by atoms with van der Waals surface area (Å²) in [7, 11) is 1.67. The summed E-state index contributed by atoms with van der Waals surface area (Å²) in [6, 6.07) is 7.78. The number of methoxy groups -OCH3 is 1. The molecule has 1 heterocycles. The second kappa shape index (κ2) is 7.28. The number of rotatable bonds is 5. The molecule has 1 saturated heterocycles. The maximum atomic E-state index is 9.00. The zero-order valence-electron chi connectivity index (χ0n) is 12.3. The van der Waals surface area contributed by atoms with Crippen LogP contribution in [0.2, 0.25) is 0 Å². The standard InChI is InChI=1S/C16H22N2O2/c1-3-20-15-6-8-18(9-7-15)12-14-10-13(11-17)4-5-16(14)19-2/h4-5,10,15H,3,6-9,12H2,1-2H3. The molecule has 1 aromatic carbocycles. The van der Waals surface area contributed by atoms with Crippen molar-refractivity contribution in [2.75, 3.05) is 26.8 Å². The van der Waals surface area contributed by atoms with Crippen LogP contribution < -0.4 is 4.74 Å². The number of hydrogen-bond donors (Lipinski definition) is 0. The third kappa shape index (κ3) is 3.72. The van der Waals surface area contributed by atoms with Crippen molar-refractivity contribution in [2.45, 2.75) is 32.4 Å². The lowest BCUT2D eigenvalue weighted by molar-refractivity contribution is 0.0124. The van der Waals surface area contributed by atoms with Crippen LogP contribution in [0.3, 0.4) is 0 Å². The van der Waals surface area contributed by atoms with E-state index in [9.17, 15) is 0 Å². The Labute approximate surface area is 120 Å². The van der Waals surface area contributed by atoms with Crippen molar-refractivity contribution >= 4 is 0 Å². The van der Waals surface area contributed by atoms with Crippen molar-refractivity contribution in [3.63, 3.8) is 0 Å². The lowest BCUT2D eigenvalue weighted by atomic mass is 10.1. The lowest BCUT2D eigenvalue weighted by Crippen LogP contribution is -2.36. The molecule has 2 rings (SSSR count). The molecule has 0 aromatic heterocycles. The summed E-state index contributed by atoms with van der Waals surface area (Å²) < 4.78 is 11.1. The fraction of sp³-hybridized carbons (Fsp3) is 0.562. The Morgan fingerprint density at radius 3 is 2.70 bits per heavy atom. The number of nitrogens with zero attached hydrogens (tertiary/aromatic N) is 2. The number of hydrogen-bond acceptors (Lipinski definition) is 4. The van der Waals surface area contributed by atoms with E-state index < -0.39 is 0 Å². The van der Waals surface area contributed by atoms with Crippen molar-refractivity contribution in [3.05, 3.63) is 29.3 Å². The van der Waals surface area contributed by atoms with Crippen LogP contribution in [0.4, 0.5) is 0 Å². The Hall–Kier alpha value is -1.57. The highest BCUT2D eigenvalue weighted by molar-refractivity contribution is 5.42. The fourth-order valence-corrected chi connectivity index (χ4v) is 2.68. The maximum Gasteiger partial charge on any atom is 0.123 e. The molecule has 0 atom stereocenters. The number of nitriles is 1. The van der Waals surface area contributed by atoms with Crippen molar-refractivity contribution < 1.29 is 9.47 Å². The molecule has 4 nitrogen and oxygen atoms in total. The highest BCUT2D eigenvalue weighted by Crippen LogP contribution is 2.23. The number of likely N-dealkylation sites (tertiary alicyclic amines) is 1. The Bertz CT molecular complexity index is 474. The Balaban J connectivity index is 1.98. The van der Waals surface area contributed by atoms with E-state index in [1.54, 1.807) is 13.2 Å². The molecule has 0 unspecified atom stereocenters. The van der Waals surface area contributed by atoms with Crippen molar-refractivity contribution in [1.29, 1.82) is 5.26 Å². The quantitative estimate of drug-likeness (QED) is 0.828. The van der Waals surface area contributed by atoms with Crippen molar-refractivity contribution in [3.8, 4) is 11.8 Å². The average molecular weight is 274 g/mol. The predicted octanol–water partition coefficient (Wildman–Crippen LogP) is 2.57. The van der Waals surface area contributed by atoms with Gasteiger partial charge < -0.3 is 9.47 Å². The molecule has 0 saturated carbocycles. The SMILES string of the molecule is CCOC1CCN(Cc2cc(C#N)ccc2OC)CC1. The molecule has 0 spiro atoms. The third-order valence-corrected chi connectivity index (χ3v) is 3.74. The molecule has 1 aromatic rings. The van der Waals surface area contributed by atoms with Gasteiger partial charge in [0.05, 0.1) is 24.8 Å². The number of ether oxygens (including phenoxy) is 2. The van der Waals surface area contributed by atoms with E-state index in [0.717, 1.165) is 50.4 Å². The summed E-state index contributed by atoms with van der Waals surface area (Å²) in [5.74, 6) is 0.857. The summed E-state index contributed by atoms with van der Waals surface area (Å²) in [5.41, 5.74) is 1.77. The minimum Gasteiger partial charge on any atom is -0.496 e. The van der Waals surface area contributed by atoms with Gasteiger partial charge in [0, 0.05) is 31.8 Å². The smallest absolute Gasteiger partial charge is 0.123 e. The van der Waals surface area contributed by atoms with Gasteiger partial charge in [-0.15, -0.1) is 0 Å². The van der Waals surface area contributed by atoms with Crippen LogP contribution in [0, 0.1) is 11.3 Å². The lowest BCUT2D eigenvalue weighted by Gasteiger charge is -2.32. The first kappa shape index (κ1) is 14.8. The minimum absolute atomic E-state index is 0.406. The van der Waals surface area contributed by atoms with E-state index >= 15 is 0 Å². The predicted molar refractivity (Wildman–Crippen MR) is 77.6 cm³/mol. The van der Waals surface area contributed by atoms with E-state index in [0.29, 0.717) is 11.7 Å². The first-order valence-corrected chi connectivity index (χ1v) is 7.17. The van der Waals surface area contributed by atoms with Gasteiger partial charge in [0.25, 0.3) is 0 Å². The van der Waals surface area contributed by atoms with Crippen LogP contribution in [0.15, 0.2) is 18.2 Å². The zero-order valence-corrected chi connectivity index (χ0v) is 12.3. The molecule has 20 heavy (non-hydrogen) atoms. The monoisotopic (exact) mass is 274 g/mol. The Morgan fingerprint density at radius 2 is 2.10 bits per heavy atom. The van der Waals surface area contributed by atoms with Crippen molar-refractivity contribution in [2.24, 2.45) is 0 Å². The van der Waals surface area contributed by atoms with Gasteiger partial charge in [-0.3, -0.25) is 4.90 Å². The zero-order chi connectivity index (χ0) is 14.4. The van der Waals surface area contributed by atoms with E-state index in [-0.39, 0.29) is 0 Å². The van der Waals surface area contributed by atoms with Gasteiger partial charge in [0.15, 0.2) is 0 Å². The molecule has 1 aliphatic heterocycles. The summed E-state index contributed by atoms with van der Waals surface area (Å²) in [6.45, 7) is 5.74. The number of piperidine rings is 1. The van der Waals surface area contributed by atoms with Gasteiger partial charge in [-0.2, -0.15) is 5.26 Å². The Morgan fingerprint density at radius 1 is 1.35 bits per heavy atom. The topological polar surface area (TPSA) is 45.5 Å². The highest BCUT2D eigenvalue weighted by Gasteiger charge is 2.20. The van der Waals surface area contributed by atoms with E-state index in [1.807, 2.05) is 19.1 Å². The molecular weight excluding hydrogens is 252 g/mol. The van der Waals surface area contributed by atoms with E-state index in [1.165, 1.54) is 0 Å². The van der Waals surface area contributed by atoms with Gasteiger partial charge in [-0.05, 0) is 38.0 Å². The van der Waals surface area contributed by atoms with Gasteiger partial charge in [0.1, 0.15) is 5.75 Å². The molecule has 108 valence electrons. The summed E-state index contributed by atoms with van der Waals surface area (Å²) >= 11 is 0. The molecule has 1 fully saturated rings. The van der Waals surface area contributed by atoms with Crippen LogP contribution in [0.5, 0.6) is 5.75 Å². The molecule has 0 radical (unpaired) electrons. The molecule has 1 aliphatic rings. The van der Waals surface area contributed by atoms with Crippen LogP contribution in [0.25, 0.3) is 0 Å². The molecule has 0 aliphatic carbocycles. The van der Waals surface area contributed by atoms with Crippen LogP contribution in [-0.2, 0) is 11.3 Å². The maximum absolute atomic E-state index is 9.00. The number of benzene rings is 1. The second-order valence-corrected chi connectivity index (χ2v) is 5.07. The van der Waals surface area contributed by atoms with Crippen LogP contribution in [-0.4, -0.2) is 37.8 Å². The highest BCUT2D eigenvalue weighted by atomic mass is 16.5. The molecular formula is C16H22N2O2. The normalized spacial score (nSPS) is 16.9. The average Bonchev–Trinajstić information content (AvgIpc) is 2.49.